The number of nitrogens with two attached hydrogens (primary N) is 1. The van der Waals surface area contributed by atoms with Gasteiger partial charge in [-0.25, -0.2) is 0 Å². The Balaban J connectivity index is 0. The molecule has 9 nitrogen and oxygen atoms in total. The van der Waals surface area contributed by atoms with E-state index in [9.17, 15) is 14.4 Å². The van der Waals surface area contributed by atoms with E-state index in [1.54, 1.807) is 6.08 Å². The van der Waals surface area contributed by atoms with Crippen LogP contribution in [-0.4, -0.2) is 73.3 Å². The number of rotatable bonds is 9. The van der Waals surface area contributed by atoms with Crippen molar-refractivity contribution in [3.63, 3.8) is 0 Å². The number of aliphatic hydroxyl groups excluding tert-OH is 2. The third kappa shape index (κ3) is 12.6. The molecular formula is C13H24N2O7S. The molecule has 0 fully saturated rings. The van der Waals surface area contributed by atoms with Gasteiger partial charge < -0.3 is 30.7 Å². The van der Waals surface area contributed by atoms with Crippen LogP contribution in [-0.2, 0) is 23.9 Å². The second-order valence-electron chi connectivity index (χ2n) is 3.93. The number of aliphatic hydroxyl groups is 2. The van der Waals surface area contributed by atoms with Gasteiger partial charge in [0.15, 0.2) is 0 Å². The predicted molar refractivity (Wildman–Crippen MR) is 85.7 cm³/mol. The van der Waals surface area contributed by atoms with E-state index >= 15 is 0 Å². The monoisotopic (exact) mass is 352 g/mol. The van der Waals surface area contributed by atoms with Gasteiger partial charge in [-0.3, -0.25) is 14.4 Å². The van der Waals surface area contributed by atoms with E-state index in [1.807, 2.05) is 0 Å². The SMILES string of the molecule is CO.COC(=O)CNC(=O)CC(/C=C/CS)OC(=O)C(N)CO. The van der Waals surface area contributed by atoms with Crippen LogP contribution < -0.4 is 11.1 Å². The number of methoxy groups -OCH3 is 1. The molecule has 0 aromatic rings. The first-order valence-corrected chi connectivity index (χ1v) is 7.20. The Morgan fingerprint density at radius 3 is 2.43 bits per heavy atom. The van der Waals surface area contributed by atoms with E-state index in [2.05, 4.69) is 22.7 Å². The van der Waals surface area contributed by atoms with E-state index in [0.29, 0.717) is 5.75 Å². The summed E-state index contributed by atoms with van der Waals surface area (Å²) in [6.45, 7) is -0.835. The zero-order valence-corrected chi connectivity index (χ0v) is 14.0. The lowest BCUT2D eigenvalue weighted by atomic mass is 10.2. The molecule has 2 unspecified atom stereocenters. The molecule has 0 aliphatic carbocycles. The van der Waals surface area contributed by atoms with Crippen molar-refractivity contribution in [2.75, 3.05) is 33.1 Å². The molecule has 23 heavy (non-hydrogen) atoms. The van der Waals surface area contributed by atoms with Gasteiger partial charge in [0, 0.05) is 12.9 Å². The minimum Gasteiger partial charge on any atom is -0.468 e. The molecule has 0 spiro atoms. The fourth-order valence-electron chi connectivity index (χ4n) is 1.17. The van der Waals surface area contributed by atoms with Crippen LogP contribution in [0.1, 0.15) is 6.42 Å². The van der Waals surface area contributed by atoms with Crippen molar-refractivity contribution in [1.29, 1.82) is 0 Å². The highest BCUT2D eigenvalue weighted by Crippen LogP contribution is 2.03. The lowest BCUT2D eigenvalue weighted by Crippen LogP contribution is -2.39. The third-order valence-electron chi connectivity index (χ3n) is 2.27. The smallest absolute Gasteiger partial charge is 0.325 e. The standard InChI is InChI=1S/C12H20N2O6S.CH4O/c1-19-11(17)6-14-10(16)5-8(3-2-4-21)20-12(18)9(13)7-15;1-2/h2-3,8-9,15,21H,4-7,13H2,1H3,(H,14,16);2H,1H3/b3-2+;. The molecule has 5 N–H and O–H groups in total. The number of carbonyl (C=O) groups is 3. The van der Waals surface area contributed by atoms with Gasteiger partial charge in [0.05, 0.1) is 20.1 Å². The van der Waals surface area contributed by atoms with Gasteiger partial charge in [-0.15, -0.1) is 0 Å². The van der Waals surface area contributed by atoms with Gasteiger partial charge in [-0.05, 0) is 6.08 Å². The van der Waals surface area contributed by atoms with E-state index in [-0.39, 0.29) is 13.0 Å². The maximum atomic E-state index is 11.6. The largest absolute Gasteiger partial charge is 0.468 e. The Morgan fingerprint density at radius 1 is 1.35 bits per heavy atom. The molecule has 0 aromatic heterocycles. The summed E-state index contributed by atoms with van der Waals surface area (Å²) in [6.07, 6.45) is 2.02. The number of hydrogen-bond donors (Lipinski definition) is 5. The third-order valence-corrected chi connectivity index (χ3v) is 2.48. The summed E-state index contributed by atoms with van der Waals surface area (Å²) in [5, 5.41) is 18.1. The van der Waals surface area contributed by atoms with Gasteiger partial charge in [0.2, 0.25) is 5.91 Å². The number of hydrogen-bond acceptors (Lipinski definition) is 9. The van der Waals surface area contributed by atoms with Crippen LogP contribution in [0.15, 0.2) is 12.2 Å². The topological polar surface area (TPSA) is 148 Å². The number of esters is 2. The average Bonchev–Trinajstić information content (AvgIpc) is 2.58. The first-order chi connectivity index (χ1) is 10.9. The minimum absolute atomic E-state index is 0.189. The van der Waals surface area contributed by atoms with Crippen molar-refractivity contribution in [1.82, 2.24) is 5.32 Å². The molecule has 134 valence electrons. The Morgan fingerprint density at radius 2 is 1.96 bits per heavy atom. The number of nitrogens with one attached hydrogen (secondary N) is 1. The number of amides is 1. The lowest BCUT2D eigenvalue weighted by Gasteiger charge is -2.16. The second kappa shape index (κ2) is 15.3. The zero-order valence-electron chi connectivity index (χ0n) is 13.1. The van der Waals surface area contributed by atoms with Gasteiger partial charge in [0.25, 0.3) is 0 Å². The van der Waals surface area contributed by atoms with E-state index in [1.165, 1.54) is 13.2 Å². The van der Waals surface area contributed by atoms with E-state index in [0.717, 1.165) is 7.11 Å². The highest BCUT2D eigenvalue weighted by molar-refractivity contribution is 7.80. The Bertz CT molecular complexity index is 391. The van der Waals surface area contributed by atoms with Crippen LogP contribution in [0, 0.1) is 0 Å². The zero-order chi connectivity index (χ0) is 18.3. The molecule has 0 heterocycles. The van der Waals surface area contributed by atoms with Crippen LogP contribution >= 0.6 is 12.6 Å². The molecule has 1 amide bonds. The van der Waals surface area contributed by atoms with Crippen LogP contribution in [0.5, 0.6) is 0 Å². The fraction of sp³-hybridized carbons (Fsp3) is 0.615. The summed E-state index contributed by atoms with van der Waals surface area (Å²) in [4.78, 5) is 34.0. The molecule has 0 radical (unpaired) electrons. The van der Waals surface area contributed by atoms with Crippen LogP contribution in [0.25, 0.3) is 0 Å². The van der Waals surface area contributed by atoms with Crippen molar-refractivity contribution in [2.24, 2.45) is 5.73 Å². The Kier molecular flexibility index (Phi) is 15.7. The van der Waals surface area contributed by atoms with Gasteiger partial charge in [0.1, 0.15) is 18.7 Å². The first kappa shape index (κ1) is 23.6. The quantitative estimate of drug-likeness (QED) is 0.182. The molecule has 0 saturated carbocycles. The summed E-state index contributed by atoms with van der Waals surface area (Å²) in [7, 11) is 2.20. The molecule has 0 aliphatic rings. The average molecular weight is 352 g/mol. The second-order valence-corrected chi connectivity index (χ2v) is 4.30. The van der Waals surface area contributed by atoms with Gasteiger partial charge >= 0.3 is 11.9 Å². The summed E-state index contributed by atoms with van der Waals surface area (Å²) >= 11 is 3.96. The molecule has 0 rings (SSSR count). The van der Waals surface area contributed by atoms with Gasteiger partial charge in [-0.1, -0.05) is 6.08 Å². The number of thiol groups is 1. The Labute approximate surface area is 140 Å². The predicted octanol–water partition coefficient (Wildman–Crippen LogP) is -2.01. The van der Waals surface area contributed by atoms with Crippen molar-refractivity contribution >= 4 is 30.5 Å². The molecule has 0 aromatic carbocycles. The van der Waals surface area contributed by atoms with Gasteiger partial charge in [-0.2, -0.15) is 12.6 Å². The summed E-state index contributed by atoms with van der Waals surface area (Å²) < 4.78 is 9.36. The Hall–Kier alpha value is -1.62. The number of carbonyl (C=O) groups excluding carboxylic acids is 3. The van der Waals surface area contributed by atoms with Crippen molar-refractivity contribution in [3.05, 3.63) is 12.2 Å². The minimum atomic E-state index is -1.17. The molecule has 0 saturated heterocycles. The highest BCUT2D eigenvalue weighted by atomic mass is 32.1. The van der Waals surface area contributed by atoms with Crippen molar-refractivity contribution in [2.45, 2.75) is 18.6 Å². The summed E-state index contributed by atoms with van der Waals surface area (Å²) in [5.74, 6) is -1.53. The summed E-state index contributed by atoms with van der Waals surface area (Å²) in [5.41, 5.74) is 5.32. The summed E-state index contributed by atoms with van der Waals surface area (Å²) in [6, 6.07) is -1.17. The van der Waals surface area contributed by atoms with E-state index in [4.69, 9.17) is 20.7 Å². The lowest BCUT2D eigenvalue weighted by molar-refractivity contribution is -0.150. The van der Waals surface area contributed by atoms with Crippen molar-refractivity contribution < 1.29 is 34.1 Å². The molecule has 0 bridgehead atoms. The maximum Gasteiger partial charge on any atom is 0.325 e. The highest BCUT2D eigenvalue weighted by Gasteiger charge is 2.20. The van der Waals surface area contributed by atoms with Crippen LogP contribution in [0.4, 0.5) is 0 Å². The molecular weight excluding hydrogens is 328 g/mol. The molecule has 0 aliphatic heterocycles. The van der Waals surface area contributed by atoms with Crippen molar-refractivity contribution in [3.8, 4) is 0 Å². The van der Waals surface area contributed by atoms with Crippen LogP contribution in [0.2, 0.25) is 0 Å². The maximum absolute atomic E-state index is 11.6. The van der Waals surface area contributed by atoms with Crippen LogP contribution in [0.3, 0.4) is 0 Å². The molecule has 2 atom stereocenters. The first-order valence-electron chi connectivity index (χ1n) is 6.57. The molecule has 10 heteroatoms. The number of ether oxygens (including phenoxy) is 2. The van der Waals surface area contributed by atoms with E-state index < -0.39 is 36.6 Å². The fourth-order valence-corrected chi connectivity index (χ4v) is 1.29. The normalized spacial score (nSPS) is 12.6.